The van der Waals surface area contributed by atoms with Crippen molar-refractivity contribution in [3.05, 3.63) is 53.2 Å². The van der Waals surface area contributed by atoms with Crippen LogP contribution in [0, 0.1) is 0 Å². The van der Waals surface area contributed by atoms with E-state index in [2.05, 4.69) is 31.0 Å². The van der Waals surface area contributed by atoms with Crippen LogP contribution in [0.3, 0.4) is 0 Å². The third-order valence-electron chi connectivity index (χ3n) is 4.35. The molecule has 2 aromatic carbocycles. The van der Waals surface area contributed by atoms with Gasteiger partial charge in [-0.3, -0.25) is 10.8 Å². The number of anilines is 1. The van der Waals surface area contributed by atoms with E-state index in [4.69, 9.17) is 26.8 Å². The van der Waals surface area contributed by atoms with Crippen LogP contribution in [-0.4, -0.2) is 28.0 Å². The first-order chi connectivity index (χ1) is 13.1. The molecule has 5 rings (SSSR count). The lowest BCUT2D eigenvalue weighted by Crippen LogP contribution is -2.49. The molecule has 0 saturated heterocycles. The van der Waals surface area contributed by atoms with Crippen molar-refractivity contribution in [2.45, 2.75) is 5.79 Å². The fourth-order valence-corrected chi connectivity index (χ4v) is 3.19. The molecule has 3 heterocycles. The van der Waals surface area contributed by atoms with E-state index in [0.717, 1.165) is 11.1 Å². The highest BCUT2D eigenvalue weighted by molar-refractivity contribution is 6.34. The maximum absolute atomic E-state index is 6.50. The van der Waals surface area contributed by atoms with Gasteiger partial charge in [-0.05, 0) is 30.3 Å². The standard InChI is InChI=1S/C17H14ClN7O2/c18-10-2-4-13-16(27-8-26-13)15(10)21-14-5-6-20-17(19,22-14)9-1-3-11-12(7-9)24-25-23-11/h1-7,20H,8,19H2,(H,21,22)(H,23,24,25). The molecule has 5 N–H and O–H groups in total. The molecule has 9 nitrogen and oxygen atoms in total. The smallest absolute Gasteiger partial charge is 0.231 e. The second kappa shape index (κ2) is 5.86. The molecule has 0 amide bonds. The summed E-state index contributed by atoms with van der Waals surface area (Å²) in [4.78, 5) is 4.61. The quantitative estimate of drug-likeness (QED) is 0.534. The number of aliphatic imine (C=N–C) groups is 1. The van der Waals surface area contributed by atoms with Gasteiger partial charge in [0.05, 0.1) is 10.5 Å². The predicted molar refractivity (Wildman–Crippen MR) is 101 cm³/mol. The molecule has 0 radical (unpaired) electrons. The number of aromatic nitrogens is 3. The largest absolute Gasteiger partial charge is 0.454 e. The lowest BCUT2D eigenvalue weighted by Gasteiger charge is -2.30. The number of nitrogens with two attached hydrogens (primary N) is 1. The minimum absolute atomic E-state index is 0.146. The number of rotatable bonds is 2. The monoisotopic (exact) mass is 383 g/mol. The lowest BCUT2D eigenvalue weighted by atomic mass is 10.1. The number of H-pyrrole nitrogens is 1. The molecule has 27 heavy (non-hydrogen) atoms. The zero-order chi connectivity index (χ0) is 18.4. The van der Waals surface area contributed by atoms with E-state index in [9.17, 15) is 0 Å². The number of nitrogens with one attached hydrogen (secondary N) is 3. The molecule has 136 valence electrons. The van der Waals surface area contributed by atoms with Crippen LogP contribution in [0.2, 0.25) is 5.02 Å². The molecule has 2 aliphatic heterocycles. The Bertz CT molecular complexity index is 1110. The number of halogens is 1. The van der Waals surface area contributed by atoms with E-state index in [1.807, 2.05) is 18.2 Å². The van der Waals surface area contributed by atoms with Gasteiger partial charge in [-0.15, -0.1) is 5.10 Å². The zero-order valence-electron chi connectivity index (χ0n) is 13.9. The molecule has 3 aromatic rings. The first-order valence-electron chi connectivity index (χ1n) is 8.12. The summed E-state index contributed by atoms with van der Waals surface area (Å²) in [6.45, 7) is 0.146. The number of fused-ring (bicyclic) bond motifs is 2. The minimum Gasteiger partial charge on any atom is -0.454 e. The Kier molecular flexibility index (Phi) is 3.46. The zero-order valence-corrected chi connectivity index (χ0v) is 14.6. The molecule has 0 saturated carbocycles. The van der Waals surface area contributed by atoms with Gasteiger partial charge in [0.2, 0.25) is 12.6 Å². The Morgan fingerprint density at radius 3 is 3.07 bits per heavy atom. The number of aromatic amines is 1. The SMILES string of the molecule is NC1(c2ccc3[nH]nnc3c2)N=C(Nc2c(Cl)ccc3c2OCO3)C=CN1. The third kappa shape index (κ3) is 2.64. The van der Waals surface area contributed by atoms with Crippen LogP contribution in [0.25, 0.3) is 11.0 Å². The summed E-state index contributed by atoms with van der Waals surface area (Å²) in [6.07, 6.45) is 3.47. The van der Waals surface area contributed by atoms with Gasteiger partial charge in [-0.1, -0.05) is 22.9 Å². The lowest BCUT2D eigenvalue weighted by molar-refractivity contribution is 0.174. The summed E-state index contributed by atoms with van der Waals surface area (Å²) in [5.41, 5.74) is 9.33. The van der Waals surface area contributed by atoms with E-state index in [0.29, 0.717) is 33.6 Å². The highest BCUT2D eigenvalue weighted by Crippen LogP contribution is 2.43. The Morgan fingerprint density at radius 2 is 2.15 bits per heavy atom. The number of benzene rings is 2. The molecule has 0 bridgehead atoms. The van der Waals surface area contributed by atoms with Crippen LogP contribution in [0.15, 0.2) is 47.6 Å². The minimum atomic E-state index is -1.17. The van der Waals surface area contributed by atoms with Crippen molar-refractivity contribution in [2.24, 2.45) is 10.7 Å². The molecular weight excluding hydrogens is 370 g/mol. The summed E-state index contributed by atoms with van der Waals surface area (Å²) < 4.78 is 10.9. The van der Waals surface area contributed by atoms with E-state index >= 15 is 0 Å². The van der Waals surface area contributed by atoms with E-state index in [-0.39, 0.29) is 6.79 Å². The molecule has 1 atom stereocenters. The Balaban J connectivity index is 1.51. The van der Waals surface area contributed by atoms with Crippen LogP contribution in [0.4, 0.5) is 5.69 Å². The Hall–Kier alpha value is -3.30. The second-order valence-electron chi connectivity index (χ2n) is 6.07. The normalized spacial score (nSPS) is 20.4. The number of nitrogens with zero attached hydrogens (tertiary/aromatic N) is 3. The molecule has 0 spiro atoms. The van der Waals surface area contributed by atoms with Gasteiger partial charge in [-0.2, -0.15) is 0 Å². The number of amidine groups is 1. The van der Waals surface area contributed by atoms with Crippen molar-refractivity contribution in [3.63, 3.8) is 0 Å². The molecule has 10 heteroatoms. The first kappa shape index (κ1) is 15.9. The summed E-state index contributed by atoms with van der Waals surface area (Å²) >= 11 is 6.33. The fourth-order valence-electron chi connectivity index (χ4n) is 3.00. The third-order valence-corrected chi connectivity index (χ3v) is 4.66. The van der Waals surface area contributed by atoms with Crippen LogP contribution in [0.1, 0.15) is 5.56 Å². The van der Waals surface area contributed by atoms with Gasteiger partial charge in [0.25, 0.3) is 0 Å². The molecule has 1 aromatic heterocycles. The van der Waals surface area contributed by atoms with Crippen molar-refractivity contribution >= 4 is 34.2 Å². The van der Waals surface area contributed by atoms with Crippen LogP contribution in [0.5, 0.6) is 11.5 Å². The topological polar surface area (TPSA) is 122 Å². The van der Waals surface area contributed by atoms with Crippen molar-refractivity contribution < 1.29 is 9.47 Å². The maximum atomic E-state index is 6.50. The first-order valence-corrected chi connectivity index (χ1v) is 8.50. The second-order valence-corrected chi connectivity index (χ2v) is 6.47. The predicted octanol–water partition coefficient (Wildman–Crippen LogP) is 2.04. The van der Waals surface area contributed by atoms with Gasteiger partial charge >= 0.3 is 0 Å². The molecule has 2 aliphatic rings. The van der Waals surface area contributed by atoms with Gasteiger partial charge in [-0.25, -0.2) is 4.99 Å². The number of hydrogen-bond donors (Lipinski definition) is 4. The highest BCUT2D eigenvalue weighted by atomic mass is 35.5. The van der Waals surface area contributed by atoms with Gasteiger partial charge in [0.1, 0.15) is 17.0 Å². The highest BCUT2D eigenvalue weighted by Gasteiger charge is 2.29. The van der Waals surface area contributed by atoms with Crippen molar-refractivity contribution in [1.29, 1.82) is 0 Å². The summed E-state index contributed by atoms with van der Waals surface area (Å²) in [5, 5.41) is 17.4. The molecule has 1 unspecified atom stereocenters. The van der Waals surface area contributed by atoms with Crippen molar-refractivity contribution in [2.75, 3.05) is 12.1 Å². The van der Waals surface area contributed by atoms with Crippen LogP contribution < -0.4 is 25.8 Å². The molecular formula is C17H14ClN7O2. The molecule has 0 aliphatic carbocycles. The summed E-state index contributed by atoms with van der Waals surface area (Å²) in [5.74, 6) is 0.508. The Labute approximate surface area is 158 Å². The number of ether oxygens (including phenoxy) is 2. The maximum Gasteiger partial charge on any atom is 0.231 e. The van der Waals surface area contributed by atoms with E-state index in [1.165, 1.54) is 0 Å². The van der Waals surface area contributed by atoms with Gasteiger partial charge in [0.15, 0.2) is 11.5 Å². The average molecular weight is 384 g/mol. The molecule has 0 fully saturated rings. The fraction of sp³-hybridized carbons (Fsp3) is 0.118. The van der Waals surface area contributed by atoms with Crippen LogP contribution in [-0.2, 0) is 5.79 Å². The van der Waals surface area contributed by atoms with Crippen molar-refractivity contribution in [1.82, 2.24) is 20.7 Å². The summed E-state index contributed by atoms with van der Waals surface area (Å²) in [6, 6.07) is 9.04. The number of hydrogen-bond acceptors (Lipinski definition) is 8. The van der Waals surface area contributed by atoms with Crippen molar-refractivity contribution in [3.8, 4) is 11.5 Å². The summed E-state index contributed by atoms with van der Waals surface area (Å²) in [7, 11) is 0. The van der Waals surface area contributed by atoms with Crippen LogP contribution >= 0.6 is 11.6 Å². The van der Waals surface area contributed by atoms with E-state index < -0.39 is 5.79 Å². The van der Waals surface area contributed by atoms with Gasteiger partial charge in [0, 0.05) is 11.8 Å². The van der Waals surface area contributed by atoms with Gasteiger partial charge < -0.3 is 20.1 Å². The Morgan fingerprint density at radius 1 is 1.22 bits per heavy atom. The average Bonchev–Trinajstić information content (AvgIpc) is 3.32. The van der Waals surface area contributed by atoms with E-state index in [1.54, 1.807) is 24.4 Å².